The lowest BCUT2D eigenvalue weighted by atomic mass is 10.1. The van der Waals surface area contributed by atoms with Gasteiger partial charge in [0.2, 0.25) is 0 Å². The molecule has 0 fully saturated rings. The van der Waals surface area contributed by atoms with Crippen molar-refractivity contribution >= 4 is 23.0 Å². The van der Waals surface area contributed by atoms with Crippen LogP contribution in [0.4, 0.5) is 4.79 Å². The summed E-state index contributed by atoms with van der Waals surface area (Å²) in [5, 5.41) is -0.899. The highest BCUT2D eigenvalue weighted by Crippen LogP contribution is 2.23. The predicted octanol–water partition coefficient (Wildman–Crippen LogP) is 3.24. The lowest BCUT2D eigenvalue weighted by Crippen LogP contribution is -2.27. The molecule has 5 heteroatoms. The quantitative estimate of drug-likeness (QED) is 0.520. The number of carbonyl (C=O) groups is 2. The number of thioether (sulfide) groups is 1. The summed E-state index contributed by atoms with van der Waals surface area (Å²) in [6.07, 6.45) is 1.82. The van der Waals surface area contributed by atoms with Gasteiger partial charge in [-0.25, -0.2) is 4.79 Å². The first-order valence-electron chi connectivity index (χ1n) is 6.02. The summed E-state index contributed by atoms with van der Waals surface area (Å²) in [6, 6.07) is 0. The minimum absolute atomic E-state index is 0.0403. The van der Waals surface area contributed by atoms with E-state index in [0.29, 0.717) is 13.2 Å². The van der Waals surface area contributed by atoms with E-state index in [9.17, 15) is 9.59 Å². The zero-order valence-corrected chi connectivity index (χ0v) is 11.8. The van der Waals surface area contributed by atoms with Crippen LogP contribution in [-0.2, 0) is 14.3 Å². The van der Waals surface area contributed by atoms with Crippen molar-refractivity contribution in [3.05, 3.63) is 0 Å². The molecule has 0 aliphatic rings. The molecule has 0 heterocycles. The van der Waals surface area contributed by atoms with Gasteiger partial charge in [-0.3, -0.25) is 4.79 Å². The summed E-state index contributed by atoms with van der Waals surface area (Å²) in [5.74, 6) is -0.287. The second-order valence-corrected chi connectivity index (χ2v) is 5.06. The molecule has 100 valence electrons. The van der Waals surface area contributed by atoms with Crippen LogP contribution >= 0.6 is 11.8 Å². The minimum atomic E-state index is -0.481. The van der Waals surface area contributed by atoms with Crippen LogP contribution in [0.25, 0.3) is 0 Å². The molecule has 0 bridgehead atoms. The van der Waals surface area contributed by atoms with Gasteiger partial charge in [0.1, 0.15) is 5.25 Å². The van der Waals surface area contributed by atoms with E-state index in [1.807, 2.05) is 20.8 Å². The molecule has 17 heavy (non-hydrogen) atoms. The highest BCUT2D eigenvalue weighted by molar-refractivity contribution is 8.14. The van der Waals surface area contributed by atoms with Gasteiger partial charge in [-0.05, 0) is 31.0 Å². The fraction of sp³-hybridized carbons (Fsp3) is 0.833. The molecule has 0 spiro atoms. The van der Waals surface area contributed by atoms with Crippen LogP contribution in [-0.4, -0.2) is 29.7 Å². The van der Waals surface area contributed by atoms with Crippen molar-refractivity contribution < 1.29 is 19.1 Å². The molecule has 1 unspecified atom stereocenters. The van der Waals surface area contributed by atoms with E-state index in [1.54, 1.807) is 6.92 Å². The summed E-state index contributed by atoms with van der Waals surface area (Å²) >= 11 is 0.908. The van der Waals surface area contributed by atoms with Crippen molar-refractivity contribution in [2.75, 3.05) is 13.2 Å². The Morgan fingerprint density at radius 3 is 2.29 bits per heavy atom. The fourth-order valence-corrected chi connectivity index (χ4v) is 1.94. The monoisotopic (exact) mass is 262 g/mol. The Labute approximate surface area is 107 Å². The minimum Gasteiger partial charge on any atom is -0.465 e. The average Bonchev–Trinajstić information content (AvgIpc) is 2.26. The van der Waals surface area contributed by atoms with Crippen LogP contribution in [0.15, 0.2) is 0 Å². The lowest BCUT2D eigenvalue weighted by Gasteiger charge is -2.17. The molecular weight excluding hydrogens is 240 g/mol. The summed E-state index contributed by atoms with van der Waals surface area (Å²) in [7, 11) is 0. The van der Waals surface area contributed by atoms with E-state index >= 15 is 0 Å². The Balaban J connectivity index is 4.21. The van der Waals surface area contributed by atoms with Crippen LogP contribution in [0.3, 0.4) is 0 Å². The van der Waals surface area contributed by atoms with E-state index in [1.165, 1.54) is 0 Å². The third-order valence-corrected chi connectivity index (χ3v) is 3.37. The Morgan fingerprint density at radius 1 is 1.18 bits per heavy atom. The zero-order valence-electron chi connectivity index (χ0n) is 11.0. The molecule has 0 aliphatic carbocycles. The first-order valence-corrected chi connectivity index (χ1v) is 6.90. The number of rotatable bonds is 7. The van der Waals surface area contributed by atoms with Crippen LogP contribution in [0.5, 0.6) is 0 Å². The van der Waals surface area contributed by atoms with Gasteiger partial charge in [0.15, 0.2) is 0 Å². The highest BCUT2D eigenvalue weighted by Gasteiger charge is 2.28. The highest BCUT2D eigenvalue weighted by atomic mass is 32.2. The first-order chi connectivity index (χ1) is 8.02. The zero-order chi connectivity index (χ0) is 13.3. The summed E-state index contributed by atoms with van der Waals surface area (Å²) in [5.41, 5.74) is 0. The van der Waals surface area contributed by atoms with E-state index < -0.39 is 10.6 Å². The lowest BCUT2D eigenvalue weighted by molar-refractivity contribution is -0.143. The first kappa shape index (κ1) is 16.3. The van der Waals surface area contributed by atoms with Gasteiger partial charge in [-0.15, -0.1) is 0 Å². The summed E-state index contributed by atoms with van der Waals surface area (Å²) in [4.78, 5) is 23.1. The maximum Gasteiger partial charge on any atom is 0.368 e. The third-order valence-electron chi connectivity index (χ3n) is 2.07. The smallest absolute Gasteiger partial charge is 0.368 e. The molecule has 0 rings (SSSR count). The molecular formula is C12H22O4S. The summed E-state index contributed by atoms with van der Waals surface area (Å²) < 4.78 is 9.93. The Morgan fingerprint density at radius 2 is 1.82 bits per heavy atom. The molecule has 0 aromatic rings. The molecule has 0 aliphatic heterocycles. The second-order valence-electron chi connectivity index (χ2n) is 3.99. The number of hydrogen-bond acceptors (Lipinski definition) is 5. The molecule has 0 N–H and O–H groups in total. The molecule has 0 saturated carbocycles. The van der Waals surface area contributed by atoms with E-state index in [-0.39, 0.29) is 11.9 Å². The Bertz CT molecular complexity index is 241. The Hall–Kier alpha value is -0.710. The molecule has 0 amide bonds. The topological polar surface area (TPSA) is 52.6 Å². The van der Waals surface area contributed by atoms with Gasteiger partial charge < -0.3 is 9.47 Å². The van der Waals surface area contributed by atoms with Gasteiger partial charge in [0.05, 0.1) is 13.2 Å². The molecule has 0 radical (unpaired) electrons. The van der Waals surface area contributed by atoms with Gasteiger partial charge in [0, 0.05) is 0 Å². The molecule has 0 aromatic heterocycles. The normalized spacial score (nSPS) is 12.3. The summed E-state index contributed by atoms with van der Waals surface area (Å²) in [6.45, 7) is 8.28. The predicted molar refractivity (Wildman–Crippen MR) is 69.1 cm³/mol. The van der Waals surface area contributed by atoms with Crippen LogP contribution in [0.2, 0.25) is 0 Å². The van der Waals surface area contributed by atoms with E-state index in [0.717, 1.165) is 24.6 Å². The SMILES string of the molecule is CCCCOC(=O)C(SC(=O)OCC)C(C)C. The second kappa shape index (κ2) is 9.33. The van der Waals surface area contributed by atoms with Gasteiger partial charge in [-0.1, -0.05) is 27.2 Å². The van der Waals surface area contributed by atoms with Gasteiger partial charge >= 0.3 is 11.3 Å². The number of hydrogen-bond donors (Lipinski definition) is 0. The van der Waals surface area contributed by atoms with Crippen molar-refractivity contribution in [2.24, 2.45) is 5.92 Å². The number of carbonyl (C=O) groups excluding carboxylic acids is 2. The van der Waals surface area contributed by atoms with Crippen molar-refractivity contribution in [1.82, 2.24) is 0 Å². The van der Waals surface area contributed by atoms with Crippen molar-refractivity contribution in [1.29, 1.82) is 0 Å². The van der Waals surface area contributed by atoms with Crippen LogP contribution in [0.1, 0.15) is 40.5 Å². The number of esters is 1. The van der Waals surface area contributed by atoms with Crippen LogP contribution in [0, 0.1) is 5.92 Å². The van der Waals surface area contributed by atoms with Crippen molar-refractivity contribution in [3.8, 4) is 0 Å². The van der Waals surface area contributed by atoms with Crippen molar-refractivity contribution in [2.45, 2.75) is 45.8 Å². The third kappa shape index (κ3) is 7.26. The number of ether oxygens (including phenoxy) is 2. The molecule has 1 atom stereocenters. The van der Waals surface area contributed by atoms with Gasteiger partial charge in [0.25, 0.3) is 0 Å². The van der Waals surface area contributed by atoms with Crippen LogP contribution < -0.4 is 0 Å². The van der Waals surface area contributed by atoms with Gasteiger partial charge in [-0.2, -0.15) is 0 Å². The Kier molecular flexibility index (Phi) is 8.94. The largest absolute Gasteiger partial charge is 0.465 e. The maximum absolute atomic E-state index is 11.7. The number of unbranched alkanes of at least 4 members (excludes halogenated alkanes) is 1. The molecule has 4 nitrogen and oxygen atoms in total. The average molecular weight is 262 g/mol. The fourth-order valence-electron chi connectivity index (χ4n) is 1.11. The van der Waals surface area contributed by atoms with Crippen molar-refractivity contribution in [3.63, 3.8) is 0 Å². The standard InChI is InChI=1S/C12H22O4S/c1-5-7-8-16-11(13)10(9(3)4)17-12(14)15-6-2/h9-10H,5-8H2,1-4H3. The van der Waals surface area contributed by atoms with E-state index in [4.69, 9.17) is 9.47 Å². The molecule has 0 saturated heterocycles. The molecule has 0 aromatic carbocycles. The van der Waals surface area contributed by atoms with E-state index in [2.05, 4.69) is 0 Å². The maximum atomic E-state index is 11.7.